The molecule has 0 saturated carbocycles. The maximum absolute atomic E-state index is 11.8. The van der Waals surface area contributed by atoms with E-state index < -0.39 is 18.0 Å². The lowest BCUT2D eigenvalue weighted by Crippen LogP contribution is -2.30. The predicted octanol–water partition coefficient (Wildman–Crippen LogP) is 6.57. The summed E-state index contributed by atoms with van der Waals surface area (Å²) in [6.45, 7) is 0.600. The van der Waals surface area contributed by atoms with E-state index in [-0.39, 0.29) is 5.91 Å². The zero-order valence-electron chi connectivity index (χ0n) is 22.2. The van der Waals surface area contributed by atoms with Crippen molar-refractivity contribution in [2.24, 2.45) is 5.73 Å². The zero-order chi connectivity index (χ0) is 26.0. The molecule has 1 amide bonds. The number of rotatable bonds is 27. The lowest BCUT2D eigenvalue weighted by atomic mass is 10.0. The highest BCUT2D eigenvalue weighted by Gasteiger charge is 2.10. The number of carboxylic acids is 2. The lowest BCUT2D eigenvalue weighted by Gasteiger charge is -2.07. The first kappa shape index (κ1) is 33.4. The van der Waals surface area contributed by atoms with Crippen LogP contribution in [0.15, 0.2) is 0 Å². The molecule has 0 aromatic heterocycles. The van der Waals surface area contributed by atoms with Gasteiger partial charge in [0, 0.05) is 19.4 Å². The minimum absolute atomic E-state index is 0.0977. The normalized spacial score (nSPS) is 11.9. The Morgan fingerprint density at radius 2 is 0.914 bits per heavy atom. The van der Waals surface area contributed by atoms with Gasteiger partial charge in [-0.25, -0.2) is 0 Å². The monoisotopic (exact) mass is 498 g/mol. The molecule has 0 spiro atoms. The second kappa shape index (κ2) is 25.5. The smallest absolute Gasteiger partial charge is 0.320 e. The first-order valence-electron chi connectivity index (χ1n) is 14.4. The zero-order valence-corrected chi connectivity index (χ0v) is 22.2. The lowest BCUT2D eigenvalue weighted by molar-refractivity contribution is -0.139. The number of hydrogen-bond donors (Lipinski definition) is 4. The fourth-order valence-corrected chi connectivity index (χ4v) is 4.32. The average Bonchev–Trinajstić information content (AvgIpc) is 2.82. The van der Waals surface area contributed by atoms with E-state index in [0.29, 0.717) is 32.2 Å². The van der Waals surface area contributed by atoms with Crippen molar-refractivity contribution in [1.82, 2.24) is 5.32 Å². The minimum atomic E-state index is -0.966. The van der Waals surface area contributed by atoms with Crippen LogP contribution >= 0.6 is 0 Å². The van der Waals surface area contributed by atoms with Gasteiger partial charge in [-0.05, 0) is 32.1 Å². The van der Waals surface area contributed by atoms with E-state index in [1.165, 1.54) is 89.9 Å². The molecule has 0 rings (SSSR count). The topological polar surface area (TPSA) is 130 Å². The van der Waals surface area contributed by atoms with Crippen molar-refractivity contribution in [3.05, 3.63) is 0 Å². The van der Waals surface area contributed by atoms with Crippen LogP contribution in [0.3, 0.4) is 0 Å². The van der Waals surface area contributed by atoms with Crippen molar-refractivity contribution in [2.45, 2.75) is 154 Å². The highest BCUT2D eigenvalue weighted by molar-refractivity contribution is 5.75. The number of carboxylic acid groups (broad SMARTS) is 2. The summed E-state index contributed by atoms with van der Waals surface area (Å²) in [5.74, 6) is -1.54. The minimum Gasteiger partial charge on any atom is -0.481 e. The highest BCUT2D eigenvalue weighted by Crippen LogP contribution is 2.15. The van der Waals surface area contributed by atoms with Crippen molar-refractivity contribution in [1.29, 1.82) is 0 Å². The summed E-state index contributed by atoms with van der Waals surface area (Å²) in [6, 6.07) is -0.799. The molecule has 0 aliphatic rings. The Balaban J connectivity index is 3.18. The van der Waals surface area contributed by atoms with Gasteiger partial charge >= 0.3 is 11.9 Å². The van der Waals surface area contributed by atoms with Gasteiger partial charge in [0.2, 0.25) is 5.91 Å². The maximum Gasteiger partial charge on any atom is 0.320 e. The van der Waals surface area contributed by atoms with Crippen LogP contribution in [0.5, 0.6) is 0 Å². The number of unbranched alkanes of at least 4 members (excludes halogenated alkanes) is 18. The second-order valence-corrected chi connectivity index (χ2v) is 10.0. The molecule has 0 heterocycles. The van der Waals surface area contributed by atoms with E-state index in [4.69, 9.17) is 15.9 Å². The summed E-state index contributed by atoms with van der Waals surface area (Å²) in [5, 5.41) is 20.2. The van der Waals surface area contributed by atoms with Crippen LogP contribution in [-0.4, -0.2) is 40.6 Å². The van der Waals surface area contributed by atoms with Crippen LogP contribution < -0.4 is 11.1 Å². The summed E-state index contributed by atoms with van der Waals surface area (Å²) in [4.78, 5) is 32.9. The van der Waals surface area contributed by atoms with Gasteiger partial charge in [-0.3, -0.25) is 14.4 Å². The van der Waals surface area contributed by atoms with Crippen LogP contribution in [0.4, 0.5) is 0 Å². The molecule has 206 valence electrons. The molecule has 7 nitrogen and oxygen atoms in total. The standard InChI is InChI=1S/C28H54N2O5/c29-25(28(34)35)21-19-20-24-30-26(31)22-17-15-13-11-9-7-5-3-1-2-4-6-8-10-12-14-16-18-23-27(32)33/h25H,1-24,29H2,(H,30,31)(H,32,33)(H,34,35)/t25-/m0/s1. The SMILES string of the molecule is N[C@@H](CCCCNC(=O)CCCCCCCCCCCCCCCCCCCCC(=O)O)C(=O)O. The summed E-state index contributed by atoms with van der Waals surface area (Å²) in [5.41, 5.74) is 5.45. The van der Waals surface area contributed by atoms with Crippen LogP contribution in [0.2, 0.25) is 0 Å². The summed E-state index contributed by atoms with van der Waals surface area (Å²) >= 11 is 0. The van der Waals surface area contributed by atoms with Crippen molar-refractivity contribution in [3.63, 3.8) is 0 Å². The molecule has 0 aliphatic heterocycles. The number of nitrogens with two attached hydrogens (primary N) is 1. The quantitative estimate of drug-likeness (QED) is 0.0947. The Hall–Kier alpha value is -1.63. The van der Waals surface area contributed by atoms with Crippen LogP contribution in [0, 0.1) is 0 Å². The Bertz CT molecular complexity index is 527. The third-order valence-corrected chi connectivity index (χ3v) is 6.63. The van der Waals surface area contributed by atoms with Gasteiger partial charge in [0.25, 0.3) is 0 Å². The predicted molar refractivity (Wildman–Crippen MR) is 142 cm³/mol. The molecule has 7 heteroatoms. The molecule has 1 atom stereocenters. The van der Waals surface area contributed by atoms with Gasteiger partial charge in [0.1, 0.15) is 6.04 Å². The summed E-state index contributed by atoms with van der Waals surface area (Å²) in [6.07, 6.45) is 25.0. The van der Waals surface area contributed by atoms with E-state index in [1.807, 2.05) is 0 Å². The molecule has 35 heavy (non-hydrogen) atoms. The number of carbonyl (C=O) groups is 3. The molecular weight excluding hydrogens is 444 g/mol. The van der Waals surface area contributed by atoms with Crippen molar-refractivity contribution in [3.8, 4) is 0 Å². The third-order valence-electron chi connectivity index (χ3n) is 6.63. The molecule has 0 saturated heterocycles. The number of hydrogen-bond acceptors (Lipinski definition) is 4. The number of aliphatic carboxylic acids is 2. The van der Waals surface area contributed by atoms with Gasteiger partial charge in [0.05, 0.1) is 0 Å². The molecule has 0 unspecified atom stereocenters. The largest absolute Gasteiger partial charge is 0.481 e. The van der Waals surface area contributed by atoms with E-state index in [0.717, 1.165) is 32.1 Å². The van der Waals surface area contributed by atoms with Gasteiger partial charge in [-0.2, -0.15) is 0 Å². The number of nitrogens with one attached hydrogen (secondary N) is 1. The first-order valence-corrected chi connectivity index (χ1v) is 14.4. The summed E-state index contributed by atoms with van der Waals surface area (Å²) in [7, 11) is 0. The molecule has 0 aromatic carbocycles. The Morgan fingerprint density at radius 3 is 1.29 bits per heavy atom. The van der Waals surface area contributed by atoms with Crippen molar-refractivity contribution < 1.29 is 24.6 Å². The van der Waals surface area contributed by atoms with Crippen molar-refractivity contribution >= 4 is 17.8 Å². The Kier molecular flexibility index (Phi) is 24.3. The van der Waals surface area contributed by atoms with Gasteiger partial charge in [-0.1, -0.05) is 103 Å². The van der Waals surface area contributed by atoms with Crippen LogP contribution in [-0.2, 0) is 14.4 Å². The van der Waals surface area contributed by atoms with Crippen LogP contribution in [0.1, 0.15) is 148 Å². The highest BCUT2D eigenvalue weighted by atomic mass is 16.4. The van der Waals surface area contributed by atoms with Crippen LogP contribution in [0.25, 0.3) is 0 Å². The molecule has 0 aliphatic carbocycles. The number of carbonyl (C=O) groups excluding carboxylic acids is 1. The number of amides is 1. The summed E-state index contributed by atoms with van der Waals surface area (Å²) < 4.78 is 0. The maximum atomic E-state index is 11.8. The Morgan fingerprint density at radius 1 is 0.543 bits per heavy atom. The fourth-order valence-electron chi connectivity index (χ4n) is 4.32. The van der Waals surface area contributed by atoms with E-state index in [9.17, 15) is 14.4 Å². The van der Waals surface area contributed by atoms with Gasteiger partial charge in [0.15, 0.2) is 0 Å². The molecule has 5 N–H and O–H groups in total. The average molecular weight is 499 g/mol. The molecule has 0 aromatic rings. The second-order valence-electron chi connectivity index (χ2n) is 10.0. The molecular formula is C28H54N2O5. The first-order chi connectivity index (χ1) is 16.9. The molecule has 0 radical (unpaired) electrons. The fraction of sp³-hybridized carbons (Fsp3) is 0.893. The Labute approximate surface area is 214 Å². The third kappa shape index (κ3) is 26.8. The van der Waals surface area contributed by atoms with Gasteiger partial charge < -0.3 is 21.3 Å². The van der Waals surface area contributed by atoms with E-state index in [1.54, 1.807) is 0 Å². The molecule has 0 fully saturated rings. The molecule has 0 bridgehead atoms. The van der Waals surface area contributed by atoms with Crippen molar-refractivity contribution in [2.75, 3.05) is 6.54 Å². The van der Waals surface area contributed by atoms with E-state index >= 15 is 0 Å². The van der Waals surface area contributed by atoms with E-state index in [2.05, 4.69) is 5.32 Å². The van der Waals surface area contributed by atoms with Gasteiger partial charge in [-0.15, -0.1) is 0 Å².